The highest BCUT2D eigenvalue weighted by Crippen LogP contribution is 2.33. The average molecular weight is 441 g/mol. The van der Waals surface area contributed by atoms with Crippen LogP contribution in [0.3, 0.4) is 0 Å². The number of rotatable bonds is 5. The van der Waals surface area contributed by atoms with Crippen molar-refractivity contribution in [1.82, 2.24) is 14.9 Å². The topological polar surface area (TPSA) is 73.2 Å². The Morgan fingerprint density at radius 3 is 2.50 bits per heavy atom. The molecule has 0 unspecified atom stereocenters. The van der Waals surface area contributed by atoms with Gasteiger partial charge in [0, 0.05) is 42.6 Å². The molecule has 0 atom stereocenters. The van der Waals surface area contributed by atoms with Crippen LogP contribution >= 0.6 is 0 Å². The average Bonchev–Trinajstić information content (AvgIpc) is 2.80. The van der Waals surface area contributed by atoms with Gasteiger partial charge in [-0.25, -0.2) is 13.8 Å². The number of hydrogen-bond donors (Lipinski definition) is 1. The van der Waals surface area contributed by atoms with E-state index in [1.54, 1.807) is 13.3 Å². The number of fused-ring (bicyclic) bond motifs is 1. The van der Waals surface area contributed by atoms with Crippen LogP contribution in [0.1, 0.15) is 43.0 Å². The third kappa shape index (κ3) is 4.35. The summed E-state index contributed by atoms with van der Waals surface area (Å²) in [6, 6.07) is 10.6. The molecule has 0 spiro atoms. The van der Waals surface area contributed by atoms with Gasteiger partial charge in [-0.05, 0) is 49.6 Å². The molecule has 1 aliphatic rings. The highest BCUT2D eigenvalue weighted by atomic mass is 19.3. The van der Waals surface area contributed by atoms with Crippen LogP contribution in [0.5, 0.6) is 5.75 Å². The Hall–Kier alpha value is -3.29. The van der Waals surface area contributed by atoms with Gasteiger partial charge in [0.1, 0.15) is 17.0 Å². The van der Waals surface area contributed by atoms with E-state index in [0.29, 0.717) is 17.6 Å². The first-order valence-electron chi connectivity index (χ1n) is 10.7. The minimum Gasteiger partial charge on any atom is -0.497 e. The molecule has 1 N–H and O–H groups in total. The maximum absolute atomic E-state index is 13.4. The Morgan fingerprint density at radius 1 is 1.19 bits per heavy atom. The van der Waals surface area contributed by atoms with Gasteiger partial charge in [-0.2, -0.15) is 0 Å². The SMILES string of the molecule is CCn1c(=O)c(C(=O)NC2CCC(F)(F)CC2)cc2cc(-c3ccc(OC)cc3)cnc21. The lowest BCUT2D eigenvalue weighted by atomic mass is 9.92. The van der Waals surface area contributed by atoms with E-state index in [-0.39, 0.29) is 37.3 Å². The lowest BCUT2D eigenvalue weighted by molar-refractivity contribution is -0.0399. The van der Waals surface area contributed by atoms with Crippen molar-refractivity contribution in [1.29, 1.82) is 0 Å². The highest BCUT2D eigenvalue weighted by molar-refractivity contribution is 5.97. The molecule has 2 heterocycles. The summed E-state index contributed by atoms with van der Waals surface area (Å²) < 4.78 is 33.5. The molecule has 8 heteroatoms. The molecule has 1 amide bonds. The fraction of sp³-hybridized carbons (Fsp3) is 0.375. The van der Waals surface area contributed by atoms with Crippen LogP contribution < -0.4 is 15.6 Å². The van der Waals surface area contributed by atoms with E-state index < -0.39 is 17.4 Å². The maximum Gasteiger partial charge on any atom is 0.265 e. The fourth-order valence-electron chi connectivity index (χ4n) is 4.11. The van der Waals surface area contributed by atoms with Gasteiger partial charge >= 0.3 is 0 Å². The van der Waals surface area contributed by atoms with Gasteiger partial charge in [0.15, 0.2) is 0 Å². The van der Waals surface area contributed by atoms with Crippen molar-refractivity contribution >= 4 is 16.9 Å². The standard InChI is InChI=1S/C24H25F2N3O3/c1-3-29-21-16(12-17(14-27-21)15-4-6-19(32-2)7-5-15)13-20(23(29)31)22(30)28-18-8-10-24(25,26)11-9-18/h4-7,12-14,18H,3,8-11H2,1-2H3,(H,28,30). The van der Waals surface area contributed by atoms with E-state index in [9.17, 15) is 18.4 Å². The summed E-state index contributed by atoms with van der Waals surface area (Å²) in [6.07, 6.45) is 1.56. The second kappa shape index (κ2) is 8.68. The second-order valence-corrected chi connectivity index (χ2v) is 8.08. The number of carbonyl (C=O) groups is 1. The number of hydrogen-bond acceptors (Lipinski definition) is 4. The molecule has 1 aromatic carbocycles. The number of nitrogens with one attached hydrogen (secondary N) is 1. The number of carbonyl (C=O) groups excluding carboxylic acids is 1. The van der Waals surface area contributed by atoms with Crippen molar-refractivity contribution in [2.75, 3.05) is 7.11 Å². The number of aryl methyl sites for hydroxylation is 1. The predicted molar refractivity (Wildman–Crippen MR) is 118 cm³/mol. The van der Waals surface area contributed by atoms with E-state index in [4.69, 9.17) is 4.74 Å². The molecular weight excluding hydrogens is 416 g/mol. The number of halogens is 2. The van der Waals surface area contributed by atoms with Crippen LogP contribution in [0.15, 0.2) is 47.4 Å². The zero-order chi connectivity index (χ0) is 22.9. The molecule has 1 fully saturated rings. The molecule has 1 saturated carbocycles. The zero-order valence-electron chi connectivity index (χ0n) is 18.0. The number of aromatic nitrogens is 2. The van der Waals surface area contributed by atoms with Crippen molar-refractivity contribution in [2.24, 2.45) is 0 Å². The molecule has 1 aliphatic carbocycles. The summed E-state index contributed by atoms with van der Waals surface area (Å²) in [5.74, 6) is -2.48. The van der Waals surface area contributed by atoms with Crippen LogP contribution in [-0.4, -0.2) is 34.5 Å². The van der Waals surface area contributed by atoms with Crippen LogP contribution in [-0.2, 0) is 6.54 Å². The summed E-state index contributed by atoms with van der Waals surface area (Å²) in [7, 11) is 1.60. The Morgan fingerprint density at radius 2 is 1.88 bits per heavy atom. The number of amides is 1. The lowest BCUT2D eigenvalue weighted by Crippen LogP contribution is -2.42. The van der Waals surface area contributed by atoms with Crippen LogP contribution in [0.4, 0.5) is 8.78 Å². The Kier molecular flexibility index (Phi) is 5.95. The Labute approximate surface area is 184 Å². The first-order valence-corrected chi connectivity index (χ1v) is 10.7. The third-order valence-electron chi connectivity index (χ3n) is 5.96. The number of alkyl halides is 2. The number of pyridine rings is 2. The highest BCUT2D eigenvalue weighted by Gasteiger charge is 2.35. The first kappa shape index (κ1) is 21.9. The van der Waals surface area contributed by atoms with Gasteiger partial charge in [0.2, 0.25) is 5.92 Å². The van der Waals surface area contributed by atoms with Crippen molar-refractivity contribution in [2.45, 2.75) is 51.1 Å². The van der Waals surface area contributed by atoms with E-state index in [1.807, 2.05) is 37.3 Å². The summed E-state index contributed by atoms with van der Waals surface area (Å²) in [4.78, 5) is 30.3. The molecule has 4 rings (SSSR count). The van der Waals surface area contributed by atoms with Crippen molar-refractivity contribution < 1.29 is 18.3 Å². The quantitative estimate of drug-likeness (QED) is 0.637. The van der Waals surface area contributed by atoms with Crippen LogP contribution in [0.25, 0.3) is 22.2 Å². The molecule has 0 saturated heterocycles. The Bertz CT molecular complexity index is 1200. The molecule has 6 nitrogen and oxygen atoms in total. The predicted octanol–water partition coefficient (Wildman–Crippen LogP) is 4.40. The van der Waals surface area contributed by atoms with Gasteiger partial charge in [-0.1, -0.05) is 12.1 Å². The van der Waals surface area contributed by atoms with Crippen LogP contribution in [0, 0.1) is 0 Å². The maximum atomic E-state index is 13.4. The molecule has 32 heavy (non-hydrogen) atoms. The van der Waals surface area contributed by atoms with Crippen molar-refractivity contribution in [3.8, 4) is 16.9 Å². The number of benzene rings is 1. The van der Waals surface area contributed by atoms with Crippen molar-refractivity contribution in [3.05, 3.63) is 58.5 Å². The molecular formula is C24H25F2N3O3. The van der Waals surface area contributed by atoms with Crippen LogP contribution in [0.2, 0.25) is 0 Å². The van der Waals surface area contributed by atoms with Gasteiger partial charge in [-0.15, -0.1) is 0 Å². The largest absolute Gasteiger partial charge is 0.497 e. The molecule has 0 radical (unpaired) electrons. The smallest absolute Gasteiger partial charge is 0.265 e. The zero-order valence-corrected chi connectivity index (χ0v) is 18.0. The summed E-state index contributed by atoms with van der Waals surface area (Å²) in [5, 5.41) is 3.42. The number of nitrogens with zero attached hydrogens (tertiary/aromatic N) is 2. The normalized spacial score (nSPS) is 16.1. The lowest BCUT2D eigenvalue weighted by Gasteiger charge is -2.28. The summed E-state index contributed by atoms with van der Waals surface area (Å²) in [6.45, 7) is 2.16. The van der Waals surface area contributed by atoms with Gasteiger partial charge < -0.3 is 10.1 Å². The van der Waals surface area contributed by atoms with E-state index in [2.05, 4.69) is 10.3 Å². The Balaban J connectivity index is 1.68. The van der Waals surface area contributed by atoms with E-state index in [0.717, 1.165) is 16.9 Å². The fourth-order valence-corrected chi connectivity index (χ4v) is 4.11. The first-order chi connectivity index (χ1) is 15.3. The monoisotopic (exact) mass is 441 g/mol. The van der Waals surface area contributed by atoms with E-state index >= 15 is 0 Å². The summed E-state index contributed by atoms with van der Waals surface area (Å²) >= 11 is 0. The second-order valence-electron chi connectivity index (χ2n) is 8.08. The molecule has 3 aromatic rings. The summed E-state index contributed by atoms with van der Waals surface area (Å²) in [5.41, 5.74) is 1.79. The van der Waals surface area contributed by atoms with Gasteiger partial charge in [0.25, 0.3) is 11.5 Å². The molecule has 2 aromatic heterocycles. The molecule has 0 aliphatic heterocycles. The minimum atomic E-state index is -2.68. The third-order valence-corrected chi connectivity index (χ3v) is 5.96. The minimum absolute atomic E-state index is 0.00892. The number of methoxy groups -OCH3 is 1. The van der Waals surface area contributed by atoms with Gasteiger partial charge in [-0.3, -0.25) is 14.2 Å². The number of ether oxygens (including phenoxy) is 1. The molecule has 168 valence electrons. The molecule has 0 bridgehead atoms. The van der Waals surface area contributed by atoms with Gasteiger partial charge in [0.05, 0.1) is 7.11 Å². The van der Waals surface area contributed by atoms with Crippen molar-refractivity contribution in [3.63, 3.8) is 0 Å². The van der Waals surface area contributed by atoms with E-state index in [1.165, 1.54) is 10.6 Å².